The van der Waals surface area contributed by atoms with Gasteiger partial charge in [0.15, 0.2) is 6.10 Å². The highest BCUT2D eigenvalue weighted by atomic mass is 35.5. The fourth-order valence-electron chi connectivity index (χ4n) is 2.12. The van der Waals surface area contributed by atoms with Gasteiger partial charge in [0.25, 0.3) is 5.91 Å². The van der Waals surface area contributed by atoms with E-state index in [-0.39, 0.29) is 6.04 Å². The van der Waals surface area contributed by atoms with Crippen LogP contribution in [0.3, 0.4) is 0 Å². The Balaban J connectivity index is 1.97. The summed E-state index contributed by atoms with van der Waals surface area (Å²) in [5.41, 5.74) is 1.13. The van der Waals surface area contributed by atoms with Gasteiger partial charge >= 0.3 is 5.97 Å². The van der Waals surface area contributed by atoms with Crippen molar-refractivity contribution in [3.63, 3.8) is 0 Å². The van der Waals surface area contributed by atoms with Gasteiger partial charge in [-0.15, -0.1) is 0 Å². The fourth-order valence-corrected chi connectivity index (χ4v) is 2.69. The molecule has 24 heavy (non-hydrogen) atoms. The van der Waals surface area contributed by atoms with Crippen LogP contribution in [-0.2, 0) is 9.53 Å². The minimum atomic E-state index is -0.925. The van der Waals surface area contributed by atoms with Crippen molar-refractivity contribution in [2.45, 2.75) is 26.0 Å². The van der Waals surface area contributed by atoms with Crippen LogP contribution in [0.1, 0.15) is 35.8 Å². The van der Waals surface area contributed by atoms with Gasteiger partial charge in [0.1, 0.15) is 0 Å². The second kappa shape index (κ2) is 8.18. The summed E-state index contributed by atoms with van der Waals surface area (Å²) in [5, 5.41) is 3.75. The van der Waals surface area contributed by atoms with Crippen molar-refractivity contribution in [2.75, 3.05) is 0 Å². The van der Waals surface area contributed by atoms with Gasteiger partial charge in [-0.2, -0.15) is 0 Å². The van der Waals surface area contributed by atoms with Crippen LogP contribution in [0.2, 0.25) is 10.0 Å². The Morgan fingerprint density at radius 2 is 1.71 bits per heavy atom. The molecule has 6 heteroatoms. The Morgan fingerprint density at radius 3 is 2.33 bits per heavy atom. The molecule has 0 aliphatic carbocycles. The monoisotopic (exact) mass is 365 g/mol. The summed E-state index contributed by atoms with van der Waals surface area (Å²) < 4.78 is 5.18. The van der Waals surface area contributed by atoms with Crippen LogP contribution >= 0.6 is 23.2 Å². The lowest BCUT2D eigenvalue weighted by Crippen LogP contribution is -2.37. The topological polar surface area (TPSA) is 55.4 Å². The number of halogens is 2. The van der Waals surface area contributed by atoms with E-state index in [2.05, 4.69) is 5.32 Å². The molecule has 0 heterocycles. The molecule has 4 nitrogen and oxygen atoms in total. The minimum Gasteiger partial charge on any atom is -0.449 e. The number of benzene rings is 2. The van der Waals surface area contributed by atoms with Gasteiger partial charge in [0, 0.05) is 10.0 Å². The van der Waals surface area contributed by atoms with E-state index in [4.69, 9.17) is 27.9 Å². The number of amides is 1. The first-order valence-corrected chi connectivity index (χ1v) is 8.15. The third kappa shape index (κ3) is 4.73. The molecule has 2 atom stereocenters. The number of carbonyl (C=O) groups excluding carboxylic acids is 2. The largest absolute Gasteiger partial charge is 0.449 e. The van der Waals surface area contributed by atoms with E-state index in [1.165, 1.54) is 6.92 Å². The maximum atomic E-state index is 12.2. The Bertz CT molecular complexity index is 734. The highest BCUT2D eigenvalue weighted by Crippen LogP contribution is 2.26. The van der Waals surface area contributed by atoms with Crippen molar-refractivity contribution >= 4 is 35.1 Å². The van der Waals surface area contributed by atoms with Gasteiger partial charge in [0.05, 0.1) is 11.6 Å². The maximum absolute atomic E-state index is 12.2. The Hall–Kier alpha value is -2.04. The number of hydrogen-bond donors (Lipinski definition) is 1. The molecule has 2 rings (SSSR count). The highest BCUT2D eigenvalue weighted by molar-refractivity contribution is 6.35. The van der Waals surface area contributed by atoms with Crippen LogP contribution in [0, 0.1) is 0 Å². The van der Waals surface area contributed by atoms with E-state index in [0.29, 0.717) is 15.6 Å². The van der Waals surface area contributed by atoms with E-state index in [1.807, 2.05) is 0 Å². The number of ether oxygens (including phenoxy) is 1. The van der Waals surface area contributed by atoms with Gasteiger partial charge in [-0.3, -0.25) is 4.79 Å². The molecule has 126 valence electrons. The lowest BCUT2D eigenvalue weighted by atomic mass is 10.1. The summed E-state index contributed by atoms with van der Waals surface area (Å²) >= 11 is 12.0. The number of nitrogens with one attached hydrogen (secondary N) is 1. The summed E-state index contributed by atoms with van der Waals surface area (Å²) in [5.74, 6) is -0.951. The predicted molar refractivity (Wildman–Crippen MR) is 94.3 cm³/mol. The quantitative estimate of drug-likeness (QED) is 0.798. The van der Waals surface area contributed by atoms with Gasteiger partial charge in [-0.05, 0) is 43.7 Å². The molecule has 0 saturated heterocycles. The molecule has 0 aromatic heterocycles. The lowest BCUT2D eigenvalue weighted by molar-refractivity contribution is -0.129. The Labute approximate surface area is 150 Å². The number of hydrogen-bond acceptors (Lipinski definition) is 3. The van der Waals surface area contributed by atoms with Gasteiger partial charge in [-0.1, -0.05) is 47.5 Å². The molecule has 0 saturated carbocycles. The zero-order valence-corrected chi connectivity index (χ0v) is 14.8. The zero-order chi connectivity index (χ0) is 17.7. The molecule has 0 radical (unpaired) electrons. The number of esters is 1. The van der Waals surface area contributed by atoms with Crippen LogP contribution in [0.15, 0.2) is 48.5 Å². The highest BCUT2D eigenvalue weighted by Gasteiger charge is 2.21. The minimum absolute atomic E-state index is 0.347. The van der Waals surface area contributed by atoms with Crippen molar-refractivity contribution in [3.8, 4) is 0 Å². The Kier molecular flexibility index (Phi) is 6.23. The molecule has 0 spiro atoms. The van der Waals surface area contributed by atoms with Crippen molar-refractivity contribution < 1.29 is 14.3 Å². The van der Waals surface area contributed by atoms with Crippen molar-refractivity contribution in [2.24, 2.45) is 0 Å². The summed E-state index contributed by atoms with van der Waals surface area (Å²) in [6.07, 6.45) is -0.925. The van der Waals surface area contributed by atoms with Crippen molar-refractivity contribution in [1.29, 1.82) is 0 Å². The Morgan fingerprint density at radius 1 is 1.04 bits per heavy atom. The number of carbonyl (C=O) groups is 2. The lowest BCUT2D eigenvalue weighted by Gasteiger charge is -2.19. The first-order chi connectivity index (χ1) is 11.4. The normalized spacial score (nSPS) is 13.0. The summed E-state index contributed by atoms with van der Waals surface area (Å²) in [7, 11) is 0. The summed E-state index contributed by atoms with van der Waals surface area (Å²) in [4.78, 5) is 24.2. The van der Waals surface area contributed by atoms with E-state index in [9.17, 15) is 9.59 Å². The molecule has 0 aliphatic heterocycles. The van der Waals surface area contributed by atoms with Crippen LogP contribution in [0.4, 0.5) is 0 Å². The van der Waals surface area contributed by atoms with E-state index in [0.717, 1.165) is 5.56 Å². The van der Waals surface area contributed by atoms with Gasteiger partial charge in [-0.25, -0.2) is 4.79 Å². The first-order valence-electron chi connectivity index (χ1n) is 7.40. The molecule has 2 aromatic rings. The molecule has 0 bridgehead atoms. The zero-order valence-electron chi connectivity index (χ0n) is 13.3. The maximum Gasteiger partial charge on any atom is 0.338 e. The summed E-state index contributed by atoms with van der Waals surface area (Å²) in [6, 6.07) is 13.2. The molecule has 0 fully saturated rings. The van der Waals surface area contributed by atoms with Gasteiger partial charge < -0.3 is 10.1 Å². The third-order valence-corrected chi connectivity index (χ3v) is 4.01. The second-order valence-corrected chi connectivity index (χ2v) is 6.15. The number of rotatable bonds is 5. The van der Waals surface area contributed by atoms with E-state index < -0.39 is 18.0 Å². The SMILES string of the molecule is C[C@H](NC(=O)[C@@H](C)OC(=O)c1ccccc1)c1ccc(Cl)cc1Cl. The molecule has 1 amide bonds. The van der Waals surface area contributed by atoms with Crippen LogP contribution in [-0.4, -0.2) is 18.0 Å². The van der Waals surface area contributed by atoms with Crippen LogP contribution < -0.4 is 5.32 Å². The molecule has 1 N–H and O–H groups in total. The predicted octanol–water partition coefficient (Wildman–Crippen LogP) is 4.42. The molecule has 0 unspecified atom stereocenters. The molecule has 2 aromatic carbocycles. The van der Waals surface area contributed by atoms with Crippen molar-refractivity contribution in [3.05, 3.63) is 69.7 Å². The average molecular weight is 366 g/mol. The molecular weight excluding hydrogens is 349 g/mol. The molecular formula is C18H17Cl2NO3. The average Bonchev–Trinajstić information content (AvgIpc) is 2.55. The van der Waals surface area contributed by atoms with E-state index in [1.54, 1.807) is 55.5 Å². The molecule has 0 aliphatic rings. The smallest absolute Gasteiger partial charge is 0.338 e. The fraction of sp³-hybridized carbons (Fsp3) is 0.222. The van der Waals surface area contributed by atoms with Crippen LogP contribution in [0.25, 0.3) is 0 Å². The van der Waals surface area contributed by atoms with Gasteiger partial charge in [0.2, 0.25) is 0 Å². The summed E-state index contributed by atoms with van der Waals surface area (Å²) in [6.45, 7) is 3.31. The third-order valence-electron chi connectivity index (χ3n) is 3.45. The van der Waals surface area contributed by atoms with E-state index >= 15 is 0 Å². The van der Waals surface area contributed by atoms with Crippen molar-refractivity contribution in [1.82, 2.24) is 5.32 Å². The second-order valence-electron chi connectivity index (χ2n) is 5.31. The first kappa shape index (κ1) is 18.3. The van der Waals surface area contributed by atoms with Crippen LogP contribution in [0.5, 0.6) is 0 Å². The standard InChI is InChI=1S/C18H17Cl2NO3/c1-11(15-9-8-14(19)10-16(15)20)21-17(22)12(2)24-18(23)13-6-4-3-5-7-13/h3-12H,1-2H3,(H,21,22)/t11-,12+/m0/s1.